The minimum atomic E-state index is 0.617. The van der Waals surface area contributed by atoms with Crippen LogP contribution in [0.2, 0.25) is 0 Å². The highest BCUT2D eigenvalue weighted by atomic mass is 79.9. The number of fused-ring (bicyclic) bond motifs is 1. The monoisotopic (exact) mass is 374 g/mol. The molecule has 0 aliphatic heterocycles. The first kappa shape index (κ1) is 14.8. The lowest BCUT2D eigenvalue weighted by Crippen LogP contribution is -2.00. The van der Waals surface area contributed by atoms with Gasteiger partial charge in [-0.25, -0.2) is 4.98 Å². The van der Waals surface area contributed by atoms with Crippen molar-refractivity contribution in [3.8, 4) is 17.1 Å². The lowest BCUT2D eigenvalue weighted by molar-refractivity contribution is 0.341. The number of aromatic nitrogens is 4. The van der Waals surface area contributed by atoms with Crippen LogP contribution >= 0.6 is 15.9 Å². The summed E-state index contributed by atoms with van der Waals surface area (Å²) in [6.45, 7) is 2.61. The molecule has 5 nitrogen and oxygen atoms in total. The van der Waals surface area contributed by atoms with Crippen LogP contribution in [0.4, 0.5) is 0 Å². The number of hydrogen-bond donors (Lipinski definition) is 0. The summed E-state index contributed by atoms with van der Waals surface area (Å²) in [5, 5.41) is 5.57. The molecule has 120 valence electrons. The van der Waals surface area contributed by atoms with E-state index in [1.807, 2.05) is 30.9 Å². The van der Waals surface area contributed by atoms with E-state index in [0.717, 1.165) is 32.6 Å². The van der Waals surface area contributed by atoms with Crippen molar-refractivity contribution < 1.29 is 4.74 Å². The van der Waals surface area contributed by atoms with E-state index in [-0.39, 0.29) is 0 Å². The zero-order valence-corrected chi connectivity index (χ0v) is 15.1. The summed E-state index contributed by atoms with van der Waals surface area (Å²) in [7, 11) is 4.02. The van der Waals surface area contributed by atoms with Crippen molar-refractivity contribution in [3.05, 3.63) is 28.6 Å². The summed E-state index contributed by atoms with van der Waals surface area (Å²) in [6, 6.07) is 4.13. The Kier molecular flexibility index (Phi) is 3.44. The molecule has 2 heterocycles. The van der Waals surface area contributed by atoms with E-state index < -0.39 is 0 Å². The summed E-state index contributed by atoms with van der Waals surface area (Å²) in [5.74, 6) is 2.41. The Morgan fingerprint density at radius 2 is 2.09 bits per heavy atom. The van der Waals surface area contributed by atoms with Gasteiger partial charge in [0, 0.05) is 37.7 Å². The Labute approximate surface area is 143 Å². The Hall–Kier alpha value is -1.82. The quantitative estimate of drug-likeness (QED) is 0.692. The van der Waals surface area contributed by atoms with Gasteiger partial charge in [0.2, 0.25) is 0 Å². The van der Waals surface area contributed by atoms with Crippen molar-refractivity contribution in [1.82, 2.24) is 19.3 Å². The fourth-order valence-corrected chi connectivity index (χ4v) is 3.90. The van der Waals surface area contributed by atoms with E-state index >= 15 is 0 Å². The maximum atomic E-state index is 5.87. The van der Waals surface area contributed by atoms with Crippen molar-refractivity contribution in [3.63, 3.8) is 0 Å². The van der Waals surface area contributed by atoms with E-state index in [2.05, 4.69) is 38.7 Å². The van der Waals surface area contributed by atoms with E-state index in [1.54, 1.807) is 0 Å². The molecule has 4 rings (SSSR count). The van der Waals surface area contributed by atoms with Crippen LogP contribution in [-0.2, 0) is 14.1 Å². The third-order valence-corrected chi connectivity index (χ3v) is 4.90. The first-order chi connectivity index (χ1) is 11.1. The number of imidazole rings is 1. The molecule has 0 spiro atoms. The molecule has 0 unspecified atom stereocenters. The molecular formula is C17H19BrN4O. The molecule has 1 fully saturated rings. The number of ether oxygens (including phenoxy) is 1. The van der Waals surface area contributed by atoms with Crippen molar-refractivity contribution in [2.24, 2.45) is 14.1 Å². The summed E-state index contributed by atoms with van der Waals surface area (Å²) in [6.07, 6.45) is 4.52. The smallest absolute Gasteiger partial charge is 0.145 e. The zero-order chi connectivity index (χ0) is 16.1. The molecule has 1 aromatic carbocycles. The maximum Gasteiger partial charge on any atom is 0.145 e. The van der Waals surface area contributed by atoms with E-state index in [1.165, 1.54) is 18.5 Å². The highest BCUT2D eigenvalue weighted by Gasteiger charge is 2.31. The summed E-state index contributed by atoms with van der Waals surface area (Å²) in [4.78, 5) is 4.77. The second-order valence-electron chi connectivity index (χ2n) is 6.09. The number of halogens is 1. The van der Waals surface area contributed by atoms with E-state index in [0.29, 0.717) is 12.5 Å². The fourth-order valence-electron chi connectivity index (χ4n) is 3.14. The Morgan fingerprint density at radius 3 is 2.78 bits per heavy atom. The van der Waals surface area contributed by atoms with Crippen molar-refractivity contribution in [2.75, 3.05) is 6.61 Å². The molecule has 1 aliphatic carbocycles. The number of benzene rings is 1. The van der Waals surface area contributed by atoms with Gasteiger partial charge in [0.25, 0.3) is 0 Å². The first-order valence-electron chi connectivity index (χ1n) is 7.91. The summed E-state index contributed by atoms with van der Waals surface area (Å²) in [5.41, 5.74) is 3.24. The molecule has 0 N–H and O–H groups in total. The molecule has 0 atom stereocenters. The summed E-state index contributed by atoms with van der Waals surface area (Å²) < 4.78 is 10.8. The van der Waals surface area contributed by atoms with Gasteiger partial charge in [0.05, 0.1) is 23.4 Å². The number of nitrogens with zero attached hydrogens (tertiary/aromatic N) is 4. The van der Waals surface area contributed by atoms with Gasteiger partial charge < -0.3 is 9.30 Å². The van der Waals surface area contributed by atoms with Crippen LogP contribution in [0.5, 0.6) is 5.75 Å². The average Bonchev–Trinajstić information content (AvgIpc) is 3.19. The fraction of sp³-hybridized carbons (Fsp3) is 0.412. The molecule has 1 aliphatic rings. The Bertz CT molecular complexity index is 892. The summed E-state index contributed by atoms with van der Waals surface area (Å²) >= 11 is 3.63. The molecule has 6 heteroatoms. The normalized spacial score (nSPS) is 14.6. The SMILES string of the molecule is CCOc1cc2nn(C)cc2cc1-c1nc(Br)c(C2CC2)n1C. The van der Waals surface area contributed by atoms with Gasteiger partial charge in [-0.3, -0.25) is 4.68 Å². The Morgan fingerprint density at radius 1 is 1.30 bits per heavy atom. The minimum absolute atomic E-state index is 0.617. The molecular weight excluding hydrogens is 356 g/mol. The second-order valence-corrected chi connectivity index (χ2v) is 6.84. The van der Waals surface area contributed by atoms with Gasteiger partial charge in [-0.15, -0.1) is 0 Å². The zero-order valence-electron chi connectivity index (χ0n) is 13.5. The maximum absolute atomic E-state index is 5.87. The molecule has 0 bridgehead atoms. The van der Waals surface area contributed by atoms with Crippen LogP contribution in [0.15, 0.2) is 22.9 Å². The van der Waals surface area contributed by atoms with Crippen molar-refractivity contribution in [2.45, 2.75) is 25.7 Å². The van der Waals surface area contributed by atoms with Gasteiger partial charge in [-0.2, -0.15) is 5.10 Å². The van der Waals surface area contributed by atoms with E-state index in [4.69, 9.17) is 9.72 Å². The highest BCUT2D eigenvalue weighted by molar-refractivity contribution is 9.10. The standard InChI is InChI=1S/C17H19BrN4O/c1-4-23-14-8-13-11(9-21(2)20-13)7-12(14)17-19-16(18)15(22(17)3)10-5-6-10/h7-10H,4-6H2,1-3H3. The van der Waals surface area contributed by atoms with Crippen molar-refractivity contribution >= 4 is 26.8 Å². The molecule has 2 aromatic heterocycles. The number of aryl methyl sites for hydroxylation is 1. The van der Waals surface area contributed by atoms with Crippen molar-refractivity contribution in [1.29, 1.82) is 0 Å². The van der Waals surface area contributed by atoms with Crippen LogP contribution in [0.3, 0.4) is 0 Å². The van der Waals surface area contributed by atoms with E-state index in [9.17, 15) is 0 Å². The molecule has 3 aromatic rings. The molecule has 0 saturated heterocycles. The number of hydrogen-bond acceptors (Lipinski definition) is 3. The average molecular weight is 375 g/mol. The molecule has 23 heavy (non-hydrogen) atoms. The molecule has 0 radical (unpaired) electrons. The molecule has 1 saturated carbocycles. The third-order valence-electron chi connectivity index (χ3n) is 4.32. The van der Waals surface area contributed by atoms with Crippen LogP contribution in [0.1, 0.15) is 31.4 Å². The minimum Gasteiger partial charge on any atom is -0.493 e. The third kappa shape index (κ3) is 2.45. The lowest BCUT2D eigenvalue weighted by atomic mass is 10.1. The predicted octanol–water partition coefficient (Wildman–Crippen LogP) is 4.01. The van der Waals surface area contributed by atoms with Crippen LogP contribution < -0.4 is 4.74 Å². The van der Waals surface area contributed by atoms with Gasteiger partial charge in [0.1, 0.15) is 16.2 Å². The highest BCUT2D eigenvalue weighted by Crippen LogP contribution is 2.45. The van der Waals surface area contributed by atoms with Gasteiger partial charge in [0.15, 0.2) is 0 Å². The lowest BCUT2D eigenvalue weighted by Gasteiger charge is -2.11. The first-order valence-corrected chi connectivity index (χ1v) is 8.70. The number of rotatable bonds is 4. The van der Waals surface area contributed by atoms with Gasteiger partial charge in [-0.05, 0) is 41.8 Å². The largest absolute Gasteiger partial charge is 0.493 e. The van der Waals surface area contributed by atoms with Crippen LogP contribution in [-0.4, -0.2) is 25.9 Å². The topological polar surface area (TPSA) is 44.9 Å². The predicted molar refractivity (Wildman–Crippen MR) is 93.8 cm³/mol. The molecule has 0 amide bonds. The van der Waals surface area contributed by atoms with Gasteiger partial charge in [-0.1, -0.05) is 0 Å². The second kappa shape index (κ2) is 5.37. The van der Waals surface area contributed by atoms with Crippen LogP contribution in [0.25, 0.3) is 22.3 Å². The van der Waals surface area contributed by atoms with Gasteiger partial charge >= 0.3 is 0 Å². The van der Waals surface area contributed by atoms with Crippen LogP contribution in [0, 0.1) is 0 Å². The Balaban J connectivity index is 1.93.